The Hall–Kier alpha value is -1.88. The first-order valence-corrected chi connectivity index (χ1v) is 6.39. The average Bonchev–Trinajstić information content (AvgIpc) is 2.45. The Bertz CT molecular complexity index is 570. The number of rotatable bonds is 5. The van der Waals surface area contributed by atoms with Gasteiger partial charge >= 0.3 is 0 Å². The topological polar surface area (TPSA) is 24.9 Å². The zero-order chi connectivity index (χ0) is 14.5. The van der Waals surface area contributed by atoms with Crippen molar-refractivity contribution in [1.29, 1.82) is 0 Å². The molecule has 106 valence electrons. The molecule has 5 heteroatoms. The van der Waals surface area contributed by atoms with Crippen LogP contribution in [-0.2, 0) is 6.54 Å². The van der Waals surface area contributed by atoms with Crippen LogP contribution in [0.1, 0.15) is 30.6 Å². The molecule has 1 aromatic carbocycles. The monoisotopic (exact) mass is 280 g/mol. The van der Waals surface area contributed by atoms with Gasteiger partial charge in [0.25, 0.3) is 0 Å². The van der Waals surface area contributed by atoms with Crippen LogP contribution in [0.5, 0.6) is 0 Å². The molecule has 1 heterocycles. The van der Waals surface area contributed by atoms with E-state index in [4.69, 9.17) is 0 Å². The zero-order valence-corrected chi connectivity index (χ0v) is 11.0. The van der Waals surface area contributed by atoms with E-state index < -0.39 is 17.5 Å². The molecule has 20 heavy (non-hydrogen) atoms. The van der Waals surface area contributed by atoms with Gasteiger partial charge in [-0.25, -0.2) is 13.2 Å². The van der Waals surface area contributed by atoms with Gasteiger partial charge in [-0.3, -0.25) is 4.98 Å². The van der Waals surface area contributed by atoms with Crippen LogP contribution in [0.3, 0.4) is 0 Å². The van der Waals surface area contributed by atoms with Crippen molar-refractivity contribution in [3.05, 3.63) is 65.2 Å². The second-order valence-electron chi connectivity index (χ2n) is 4.48. The summed E-state index contributed by atoms with van der Waals surface area (Å²) >= 11 is 0. The third-order valence-electron chi connectivity index (χ3n) is 3.06. The highest BCUT2D eigenvalue weighted by Crippen LogP contribution is 2.16. The Labute approximate surface area is 115 Å². The van der Waals surface area contributed by atoms with Crippen molar-refractivity contribution in [3.63, 3.8) is 0 Å². The SMILES string of the molecule is CCC(NCc1cc(F)ccc1F)c1ccc(F)cn1. The number of hydrogen-bond donors (Lipinski definition) is 1. The molecule has 0 saturated heterocycles. The summed E-state index contributed by atoms with van der Waals surface area (Å²) in [5.41, 5.74) is 0.927. The van der Waals surface area contributed by atoms with Gasteiger partial charge in [0.05, 0.1) is 11.9 Å². The quantitative estimate of drug-likeness (QED) is 0.902. The minimum absolute atomic E-state index is 0.140. The Morgan fingerprint density at radius 2 is 1.85 bits per heavy atom. The van der Waals surface area contributed by atoms with E-state index in [9.17, 15) is 13.2 Å². The number of halogens is 3. The third kappa shape index (κ3) is 3.57. The smallest absolute Gasteiger partial charge is 0.141 e. The highest BCUT2D eigenvalue weighted by molar-refractivity contribution is 5.19. The van der Waals surface area contributed by atoms with E-state index in [0.29, 0.717) is 12.1 Å². The summed E-state index contributed by atoms with van der Waals surface area (Å²) < 4.78 is 39.4. The van der Waals surface area contributed by atoms with E-state index in [1.165, 1.54) is 6.07 Å². The molecule has 2 nitrogen and oxygen atoms in total. The number of pyridine rings is 1. The van der Waals surface area contributed by atoms with Crippen LogP contribution in [0.4, 0.5) is 13.2 Å². The van der Waals surface area contributed by atoms with Crippen LogP contribution in [0.25, 0.3) is 0 Å². The van der Waals surface area contributed by atoms with E-state index in [1.807, 2.05) is 6.92 Å². The number of nitrogens with one attached hydrogen (secondary N) is 1. The normalized spacial score (nSPS) is 12.4. The lowest BCUT2D eigenvalue weighted by atomic mass is 10.1. The number of aromatic nitrogens is 1. The highest BCUT2D eigenvalue weighted by atomic mass is 19.1. The second kappa shape index (κ2) is 6.52. The van der Waals surface area contributed by atoms with Gasteiger partial charge in [-0.15, -0.1) is 0 Å². The van der Waals surface area contributed by atoms with Crippen molar-refractivity contribution in [1.82, 2.24) is 10.3 Å². The van der Waals surface area contributed by atoms with Crippen LogP contribution in [-0.4, -0.2) is 4.98 Å². The average molecular weight is 280 g/mol. The minimum Gasteiger partial charge on any atom is -0.304 e. The molecule has 0 radical (unpaired) electrons. The Morgan fingerprint density at radius 3 is 2.50 bits per heavy atom. The van der Waals surface area contributed by atoms with Crippen molar-refractivity contribution in [2.45, 2.75) is 25.9 Å². The van der Waals surface area contributed by atoms with Crippen molar-refractivity contribution in [2.24, 2.45) is 0 Å². The standard InChI is InChI=1S/C15H15F3N2/c1-2-14(15-6-4-12(17)9-20-15)19-8-10-7-11(16)3-5-13(10)18/h3-7,9,14,19H,2,8H2,1H3. The van der Waals surface area contributed by atoms with Gasteiger partial charge < -0.3 is 5.32 Å². The molecule has 0 aliphatic carbocycles. The van der Waals surface area contributed by atoms with Crippen LogP contribution < -0.4 is 5.32 Å². The molecule has 0 saturated carbocycles. The largest absolute Gasteiger partial charge is 0.304 e. The molecule has 0 fully saturated rings. The first-order chi connectivity index (χ1) is 9.60. The Balaban J connectivity index is 2.07. The maximum Gasteiger partial charge on any atom is 0.141 e. The summed E-state index contributed by atoms with van der Waals surface area (Å²) in [6.07, 6.45) is 1.85. The summed E-state index contributed by atoms with van der Waals surface area (Å²) in [5.74, 6) is -1.34. The Morgan fingerprint density at radius 1 is 1.10 bits per heavy atom. The molecule has 2 aromatic rings. The molecule has 0 amide bonds. The van der Waals surface area contributed by atoms with E-state index >= 15 is 0 Å². The molecule has 0 aliphatic heterocycles. The summed E-state index contributed by atoms with van der Waals surface area (Å²) in [6, 6.07) is 6.11. The van der Waals surface area contributed by atoms with Crippen LogP contribution in [0.2, 0.25) is 0 Å². The second-order valence-corrected chi connectivity index (χ2v) is 4.48. The number of benzene rings is 1. The predicted molar refractivity (Wildman–Crippen MR) is 70.4 cm³/mol. The fourth-order valence-corrected chi connectivity index (χ4v) is 1.96. The van der Waals surface area contributed by atoms with E-state index in [1.54, 1.807) is 6.07 Å². The van der Waals surface area contributed by atoms with Gasteiger partial charge in [-0.05, 0) is 36.8 Å². The molecule has 0 spiro atoms. The van der Waals surface area contributed by atoms with Crippen molar-refractivity contribution >= 4 is 0 Å². The summed E-state index contributed by atoms with van der Waals surface area (Å²) in [6.45, 7) is 2.12. The predicted octanol–water partition coefficient (Wildman–Crippen LogP) is 3.74. The fraction of sp³-hybridized carbons (Fsp3) is 0.267. The molecule has 1 N–H and O–H groups in total. The van der Waals surface area contributed by atoms with E-state index in [-0.39, 0.29) is 18.2 Å². The van der Waals surface area contributed by atoms with Crippen molar-refractivity contribution in [3.8, 4) is 0 Å². The molecule has 0 aliphatic rings. The van der Waals surface area contributed by atoms with E-state index in [0.717, 1.165) is 24.4 Å². The molecule has 1 aromatic heterocycles. The lowest BCUT2D eigenvalue weighted by Gasteiger charge is -2.16. The highest BCUT2D eigenvalue weighted by Gasteiger charge is 2.12. The van der Waals surface area contributed by atoms with Crippen LogP contribution in [0.15, 0.2) is 36.5 Å². The molecule has 0 bridgehead atoms. The zero-order valence-electron chi connectivity index (χ0n) is 11.0. The lowest BCUT2D eigenvalue weighted by molar-refractivity contribution is 0.489. The molecular weight excluding hydrogens is 265 g/mol. The first kappa shape index (κ1) is 14.5. The van der Waals surface area contributed by atoms with Gasteiger partial charge in [0, 0.05) is 18.2 Å². The van der Waals surface area contributed by atoms with Crippen molar-refractivity contribution in [2.75, 3.05) is 0 Å². The maximum absolute atomic E-state index is 13.5. The molecule has 2 rings (SSSR count). The summed E-state index contributed by atoms with van der Waals surface area (Å²) in [7, 11) is 0. The Kier molecular flexibility index (Phi) is 4.74. The fourth-order valence-electron chi connectivity index (χ4n) is 1.96. The first-order valence-electron chi connectivity index (χ1n) is 6.39. The molecule has 1 unspecified atom stereocenters. The van der Waals surface area contributed by atoms with Gasteiger partial charge in [0.2, 0.25) is 0 Å². The third-order valence-corrected chi connectivity index (χ3v) is 3.06. The van der Waals surface area contributed by atoms with Gasteiger partial charge in [0.1, 0.15) is 17.5 Å². The van der Waals surface area contributed by atoms with Crippen LogP contribution in [0, 0.1) is 17.5 Å². The summed E-state index contributed by atoms with van der Waals surface area (Å²) in [5, 5.41) is 3.10. The molecule has 1 atom stereocenters. The maximum atomic E-state index is 13.5. The van der Waals surface area contributed by atoms with Gasteiger partial charge in [-0.1, -0.05) is 6.92 Å². The van der Waals surface area contributed by atoms with Crippen LogP contribution >= 0.6 is 0 Å². The minimum atomic E-state index is -0.476. The number of nitrogens with zero attached hydrogens (tertiary/aromatic N) is 1. The molecular formula is C15H15F3N2. The number of hydrogen-bond acceptors (Lipinski definition) is 2. The van der Waals surface area contributed by atoms with E-state index in [2.05, 4.69) is 10.3 Å². The van der Waals surface area contributed by atoms with Gasteiger partial charge in [0.15, 0.2) is 0 Å². The van der Waals surface area contributed by atoms with Gasteiger partial charge in [-0.2, -0.15) is 0 Å². The summed E-state index contributed by atoms with van der Waals surface area (Å²) in [4.78, 5) is 4.00. The van der Waals surface area contributed by atoms with Crippen molar-refractivity contribution < 1.29 is 13.2 Å². The lowest BCUT2D eigenvalue weighted by Crippen LogP contribution is -2.22.